The molecule has 0 rings (SSSR count). The molecular weight excluding hydrogens is 192 g/mol. The molecule has 0 aromatic rings. The Morgan fingerprint density at radius 2 is 1.85 bits per heavy atom. The predicted molar refractivity (Wildman–Crippen MR) is 49.8 cm³/mol. The maximum atomic E-state index is 10.7. The first-order valence-corrected chi connectivity index (χ1v) is 3.52. The van der Waals surface area contributed by atoms with Crippen LogP contribution in [0.3, 0.4) is 0 Å². The normalized spacial score (nSPS) is 11.7. The lowest BCUT2D eigenvalue weighted by Crippen LogP contribution is -3.00. The molecule has 0 fully saturated rings. The maximum Gasteiger partial charge on any atom is 0.334 e. The van der Waals surface area contributed by atoms with E-state index in [4.69, 9.17) is 4.74 Å². The number of esters is 1. The number of carbonyl (C=O) groups is 1. The number of halogens is 1. The molecule has 0 aliphatic carbocycles. The molecule has 4 N–H and O–H groups in total. The summed E-state index contributed by atoms with van der Waals surface area (Å²) in [5.74, 6) is -0.370. The van der Waals surface area contributed by atoms with Crippen molar-refractivity contribution in [1.82, 2.24) is 6.15 Å². The predicted octanol–water partition coefficient (Wildman–Crippen LogP) is -1.85. The van der Waals surface area contributed by atoms with Crippen LogP contribution >= 0.6 is 0 Å². The summed E-state index contributed by atoms with van der Waals surface area (Å²) in [6.07, 6.45) is 1.03. The zero-order valence-corrected chi connectivity index (χ0v) is 9.76. The van der Waals surface area contributed by atoms with E-state index in [1.54, 1.807) is 0 Å². The van der Waals surface area contributed by atoms with Crippen LogP contribution in [0.2, 0.25) is 0 Å². The monoisotopic (exact) mass is 211 g/mol. The Hall–Kier alpha value is -0.580. The lowest BCUT2D eigenvalue weighted by Gasteiger charge is -2.29. The first-order chi connectivity index (χ1) is 4.88. The minimum Gasteiger partial charge on any atom is -1.00 e. The van der Waals surface area contributed by atoms with Crippen molar-refractivity contribution in [1.29, 1.82) is 0 Å². The number of rotatable bonds is 3. The molecule has 0 aliphatic rings. The van der Waals surface area contributed by atoms with E-state index in [1.807, 2.05) is 28.1 Å². The van der Waals surface area contributed by atoms with Crippen molar-refractivity contribution in [2.75, 3.05) is 21.1 Å². The number of carbonyl (C=O) groups excluding carboxylic acids is 1. The zero-order chi connectivity index (χ0) is 9.07. The van der Waals surface area contributed by atoms with Crippen molar-refractivity contribution in [3.05, 3.63) is 12.7 Å². The molecule has 0 spiro atoms. The van der Waals surface area contributed by atoms with Gasteiger partial charge in [0.05, 0.1) is 21.1 Å². The van der Waals surface area contributed by atoms with E-state index in [9.17, 15) is 4.79 Å². The van der Waals surface area contributed by atoms with E-state index in [1.165, 1.54) is 6.08 Å². The second kappa shape index (κ2) is 6.88. The molecule has 13 heavy (non-hydrogen) atoms. The summed E-state index contributed by atoms with van der Waals surface area (Å²) in [6, 6.07) is 0. The van der Waals surface area contributed by atoms with E-state index >= 15 is 0 Å². The van der Waals surface area contributed by atoms with Gasteiger partial charge in [-0.3, -0.25) is 4.48 Å². The zero-order valence-electron chi connectivity index (χ0n) is 9.00. The Labute approximate surface area is 86.1 Å². The first kappa shape index (κ1) is 18.3. The molecule has 0 aromatic carbocycles. The van der Waals surface area contributed by atoms with Crippen LogP contribution in [-0.4, -0.2) is 37.8 Å². The smallest absolute Gasteiger partial charge is 0.334 e. The highest BCUT2D eigenvalue weighted by atomic mass is 35.5. The second-order valence-corrected chi connectivity index (χ2v) is 3.36. The molecule has 0 heterocycles. The average Bonchev–Trinajstić information content (AvgIpc) is 1.85. The van der Waals surface area contributed by atoms with Gasteiger partial charge in [-0.25, -0.2) is 4.79 Å². The molecule has 0 saturated heterocycles. The summed E-state index contributed by atoms with van der Waals surface area (Å²) >= 11 is 0. The third-order valence-electron chi connectivity index (χ3n) is 1.54. The third kappa shape index (κ3) is 7.77. The summed E-state index contributed by atoms with van der Waals surface area (Å²) in [5.41, 5.74) is 0. The maximum absolute atomic E-state index is 10.7. The fourth-order valence-corrected chi connectivity index (χ4v) is 0.374. The summed E-state index contributed by atoms with van der Waals surface area (Å²) in [7, 11) is 5.88. The Morgan fingerprint density at radius 1 is 1.46 bits per heavy atom. The quantitative estimate of drug-likeness (QED) is 0.258. The van der Waals surface area contributed by atoms with E-state index in [-0.39, 0.29) is 30.8 Å². The molecule has 0 aliphatic heterocycles. The molecule has 4 nitrogen and oxygen atoms in total. The van der Waals surface area contributed by atoms with Crippen LogP contribution in [0.15, 0.2) is 12.7 Å². The number of hydrogen-bond donors (Lipinski definition) is 1. The van der Waals surface area contributed by atoms with E-state index < -0.39 is 0 Å². The number of nitrogens with zero attached hydrogens (tertiary/aromatic N) is 1. The van der Waals surface area contributed by atoms with Crippen molar-refractivity contribution in [2.24, 2.45) is 0 Å². The highest BCUT2D eigenvalue weighted by molar-refractivity contribution is 5.81. The third-order valence-corrected chi connectivity index (χ3v) is 1.54. The fourth-order valence-electron chi connectivity index (χ4n) is 0.374. The van der Waals surface area contributed by atoms with Gasteiger partial charge in [0, 0.05) is 13.0 Å². The minimum absolute atomic E-state index is 0. The lowest BCUT2D eigenvalue weighted by molar-refractivity contribution is -0.914. The van der Waals surface area contributed by atoms with Gasteiger partial charge in [-0.2, -0.15) is 0 Å². The average molecular weight is 212 g/mol. The highest BCUT2D eigenvalue weighted by Crippen LogP contribution is 2.03. The molecule has 0 radical (unpaired) electrons. The van der Waals surface area contributed by atoms with Crippen LogP contribution in [0.5, 0.6) is 0 Å². The van der Waals surface area contributed by atoms with Crippen LogP contribution < -0.4 is 18.6 Å². The van der Waals surface area contributed by atoms with Gasteiger partial charge in [0.1, 0.15) is 0 Å². The standard InChI is InChI=1S/C8H16NO2.ClH.H3N/c1-6-8(10)11-7(2)9(3,4)5;;/h6-7H,1H2,2-5H3;1H;1H3/q+1;;. The number of ether oxygens (including phenoxy) is 1. The van der Waals surface area contributed by atoms with Gasteiger partial charge in [-0.1, -0.05) is 6.58 Å². The van der Waals surface area contributed by atoms with Gasteiger partial charge < -0.3 is 23.3 Å². The molecule has 1 unspecified atom stereocenters. The molecule has 5 heteroatoms. The number of quaternary nitrogens is 2. The number of hydrogen-bond acceptors (Lipinski definition) is 2. The summed E-state index contributed by atoms with van der Waals surface area (Å²) in [5, 5.41) is 0. The van der Waals surface area contributed by atoms with Crippen LogP contribution in [0.1, 0.15) is 6.92 Å². The Kier molecular flexibility index (Phi) is 9.67. The Morgan fingerprint density at radius 3 is 2.08 bits per heavy atom. The molecule has 0 amide bonds. The summed E-state index contributed by atoms with van der Waals surface area (Å²) in [6.45, 7) is 5.16. The fraction of sp³-hybridized carbons (Fsp3) is 0.625. The van der Waals surface area contributed by atoms with Gasteiger partial charge in [0.15, 0.2) is 0 Å². The van der Waals surface area contributed by atoms with Crippen LogP contribution in [0, 0.1) is 0 Å². The van der Waals surface area contributed by atoms with Crippen molar-refractivity contribution in [3.8, 4) is 0 Å². The molecule has 0 aromatic heterocycles. The largest absolute Gasteiger partial charge is 1.00 e. The highest BCUT2D eigenvalue weighted by Gasteiger charge is 2.20. The first-order valence-electron chi connectivity index (χ1n) is 3.52. The van der Waals surface area contributed by atoms with Gasteiger partial charge in [0.25, 0.3) is 0 Å². The van der Waals surface area contributed by atoms with E-state index in [0.717, 1.165) is 0 Å². The van der Waals surface area contributed by atoms with Crippen molar-refractivity contribution in [2.45, 2.75) is 13.2 Å². The van der Waals surface area contributed by atoms with E-state index in [2.05, 4.69) is 6.58 Å². The minimum atomic E-state index is -0.370. The Balaban J connectivity index is -0.000000500. The second-order valence-electron chi connectivity index (χ2n) is 3.36. The van der Waals surface area contributed by atoms with Gasteiger partial charge in [0.2, 0.25) is 6.23 Å². The van der Waals surface area contributed by atoms with Gasteiger partial charge in [-0.15, -0.1) is 0 Å². The van der Waals surface area contributed by atoms with Crippen LogP contribution in [0.4, 0.5) is 0 Å². The van der Waals surface area contributed by atoms with Gasteiger partial charge in [-0.05, 0) is 0 Å². The topological polar surface area (TPSA) is 62.8 Å². The van der Waals surface area contributed by atoms with Crippen molar-refractivity contribution < 1.29 is 26.4 Å². The van der Waals surface area contributed by atoms with Gasteiger partial charge >= 0.3 is 5.97 Å². The molecular formula is C8H20ClN2O2+. The Bertz CT molecular complexity index is 166. The molecule has 80 valence electrons. The summed E-state index contributed by atoms with van der Waals surface area (Å²) < 4.78 is 5.58. The molecule has 1 atom stereocenters. The van der Waals surface area contributed by atoms with Crippen molar-refractivity contribution in [3.63, 3.8) is 0 Å². The van der Waals surface area contributed by atoms with Crippen LogP contribution in [0.25, 0.3) is 0 Å². The lowest BCUT2D eigenvalue weighted by atomic mass is 10.5. The summed E-state index contributed by atoms with van der Waals surface area (Å²) in [4.78, 5) is 10.7. The molecule has 0 saturated carbocycles. The van der Waals surface area contributed by atoms with Crippen molar-refractivity contribution >= 4 is 5.97 Å². The van der Waals surface area contributed by atoms with E-state index in [0.29, 0.717) is 4.48 Å². The van der Waals surface area contributed by atoms with Crippen LogP contribution in [-0.2, 0) is 9.53 Å². The molecule has 0 bridgehead atoms. The SMILES string of the molecule is C=CC(=O)OC(C)[N+](C)(C)C.[Cl-].[NH4+].